The average Bonchev–Trinajstić information content (AvgIpc) is 3.24. The molecule has 0 unspecified atom stereocenters. The molecule has 2 aromatic heterocycles. The van der Waals surface area contributed by atoms with Crippen LogP contribution in [-0.4, -0.2) is 21.2 Å². The van der Waals surface area contributed by atoms with Gasteiger partial charge in [-0.25, -0.2) is 0 Å². The smallest absolute Gasteiger partial charge is 0.258 e. The van der Waals surface area contributed by atoms with Gasteiger partial charge in [0, 0.05) is 28.2 Å². The Morgan fingerprint density at radius 1 is 1.12 bits per heavy atom. The number of aromatic amines is 1. The summed E-state index contributed by atoms with van der Waals surface area (Å²) in [6, 6.07) is 13.9. The number of rotatable bonds is 4. The minimum Gasteiger partial charge on any atom is -0.491 e. The van der Waals surface area contributed by atoms with E-state index in [4.69, 9.17) is 9.26 Å². The van der Waals surface area contributed by atoms with Gasteiger partial charge in [0.1, 0.15) is 5.75 Å². The zero-order valence-electron chi connectivity index (χ0n) is 14.4. The van der Waals surface area contributed by atoms with Crippen LogP contribution < -0.4 is 4.74 Å². The van der Waals surface area contributed by atoms with Crippen molar-refractivity contribution in [3.8, 4) is 28.6 Å². The van der Waals surface area contributed by atoms with Crippen molar-refractivity contribution in [1.29, 1.82) is 0 Å². The number of nitrogens with one attached hydrogen (secondary N) is 1. The van der Waals surface area contributed by atoms with Crippen LogP contribution in [-0.2, 0) is 0 Å². The molecule has 2 heterocycles. The zero-order chi connectivity index (χ0) is 17.4. The lowest BCUT2D eigenvalue weighted by atomic mass is 10.1. The molecule has 5 nitrogen and oxygen atoms in total. The van der Waals surface area contributed by atoms with Crippen molar-refractivity contribution in [2.75, 3.05) is 0 Å². The Morgan fingerprint density at radius 3 is 2.80 bits per heavy atom. The Labute approximate surface area is 145 Å². The molecule has 0 aliphatic carbocycles. The lowest BCUT2D eigenvalue weighted by Crippen LogP contribution is -2.06. The molecule has 2 aromatic carbocycles. The van der Waals surface area contributed by atoms with Gasteiger partial charge < -0.3 is 14.2 Å². The summed E-state index contributed by atoms with van der Waals surface area (Å²) in [6.07, 6.45) is 2.05. The number of H-pyrrole nitrogens is 1. The molecule has 0 aliphatic rings. The first-order valence-corrected chi connectivity index (χ1v) is 8.29. The molecule has 0 bridgehead atoms. The highest BCUT2D eigenvalue weighted by atomic mass is 16.5. The van der Waals surface area contributed by atoms with Crippen molar-refractivity contribution in [2.24, 2.45) is 0 Å². The molecule has 5 heteroatoms. The molecule has 25 heavy (non-hydrogen) atoms. The SMILES string of the molecule is Cc1cc(-c2noc(-c3cccc4[nH]ccc34)n2)ccc1OC(C)C. The number of aryl methyl sites for hydroxylation is 1. The maximum absolute atomic E-state index is 5.78. The Balaban J connectivity index is 1.70. The first-order chi connectivity index (χ1) is 12.1. The van der Waals surface area contributed by atoms with Crippen LogP contribution in [0.25, 0.3) is 33.7 Å². The van der Waals surface area contributed by atoms with Gasteiger partial charge in [0.25, 0.3) is 5.89 Å². The maximum Gasteiger partial charge on any atom is 0.258 e. The summed E-state index contributed by atoms with van der Waals surface area (Å²) < 4.78 is 11.3. The lowest BCUT2D eigenvalue weighted by Gasteiger charge is -2.12. The molecule has 0 spiro atoms. The van der Waals surface area contributed by atoms with Crippen molar-refractivity contribution in [1.82, 2.24) is 15.1 Å². The van der Waals surface area contributed by atoms with Crippen LogP contribution in [0.3, 0.4) is 0 Å². The number of hydrogen-bond donors (Lipinski definition) is 1. The molecule has 1 N–H and O–H groups in total. The van der Waals surface area contributed by atoms with E-state index in [1.165, 1.54) is 0 Å². The van der Waals surface area contributed by atoms with E-state index in [-0.39, 0.29) is 6.10 Å². The van der Waals surface area contributed by atoms with Crippen LogP contribution in [0.2, 0.25) is 0 Å². The second-order valence-corrected chi connectivity index (χ2v) is 6.31. The summed E-state index contributed by atoms with van der Waals surface area (Å²) in [5.74, 6) is 1.96. The zero-order valence-corrected chi connectivity index (χ0v) is 14.4. The third kappa shape index (κ3) is 2.89. The molecule has 4 rings (SSSR count). The van der Waals surface area contributed by atoms with Crippen molar-refractivity contribution in [2.45, 2.75) is 26.9 Å². The number of aromatic nitrogens is 3. The number of hydrogen-bond acceptors (Lipinski definition) is 4. The number of nitrogens with zero attached hydrogens (tertiary/aromatic N) is 2. The molecular weight excluding hydrogens is 314 g/mol. The van der Waals surface area contributed by atoms with Gasteiger partial charge in [0.2, 0.25) is 5.82 Å². The van der Waals surface area contributed by atoms with Crippen LogP contribution in [0, 0.1) is 6.92 Å². The maximum atomic E-state index is 5.78. The monoisotopic (exact) mass is 333 g/mol. The minimum atomic E-state index is 0.142. The summed E-state index contributed by atoms with van der Waals surface area (Å²) >= 11 is 0. The van der Waals surface area contributed by atoms with Crippen molar-refractivity contribution < 1.29 is 9.26 Å². The largest absolute Gasteiger partial charge is 0.491 e. The van der Waals surface area contributed by atoms with E-state index in [1.54, 1.807) is 0 Å². The van der Waals surface area contributed by atoms with Gasteiger partial charge in [-0.05, 0) is 62.7 Å². The highest BCUT2D eigenvalue weighted by molar-refractivity contribution is 5.93. The predicted molar refractivity (Wildman–Crippen MR) is 97.5 cm³/mol. The van der Waals surface area contributed by atoms with E-state index in [1.807, 2.05) is 69.4 Å². The molecule has 0 saturated heterocycles. The second-order valence-electron chi connectivity index (χ2n) is 6.31. The van der Waals surface area contributed by atoms with Gasteiger partial charge in [-0.1, -0.05) is 11.2 Å². The lowest BCUT2D eigenvalue weighted by molar-refractivity contribution is 0.241. The summed E-state index contributed by atoms with van der Waals surface area (Å²) in [5, 5.41) is 5.21. The molecule has 126 valence electrons. The van der Waals surface area contributed by atoms with Crippen LogP contribution >= 0.6 is 0 Å². The Morgan fingerprint density at radius 2 is 2.00 bits per heavy atom. The quantitative estimate of drug-likeness (QED) is 0.572. The molecule has 0 saturated carbocycles. The van der Waals surface area contributed by atoms with E-state index in [0.29, 0.717) is 11.7 Å². The molecule has 0 fully saturated rings. The third-order valence-corrected chi connectivity index (χ3v) is 4.05. The van der Waals surface area contributed by atoms with Crippen LogP contribution in [0.1, 0.15) is 19.4 Å². The molecular formula is C20H19N3O2. The number of fused-ring (bicyclic) bond motifs is 1. The summed E-state index contributed by atoms with van der Waals surface area (Å²) in [6.45, 7) is 6.05. The fourth-order valence-corrected chi connectivity index (χ4v) is 2.90. The normalized spacial score (nSPS) is 11.4. The van der Waals surface area contributed by atoms with Crippen molar-refractivity contribution in [3.63, 3.8) is 0 Å². The van der Waals surface area contributed by atoms with E-state index in [0.717, 1.165) is 33.3 Å². The van der Waals surface area contributed by atoms with Gasteiger partial charge in [0.05, 0.1) is 6.10 Å². The van der Waals surface area contributed by atoms with Gasteiger partial charge in [-0.3, -0.25) is 0 Å². The van der Waals surface area contributed by atoms with Crippen molar-refractivity contribution in [3.05, 3.63) is 54.2 Å². The van der Waals surface area contributed by atoms with Crippen LogP contribution in [0.15, 0.2) is 53.2 Å². The topological polar surface area (TPSA) is 63.9 Å². The van der Waals surface area contributed by atoms with E-state index in [9.17, 15) is 0 Å². The van der Waals surface area contributed by atoms with Gasteiger partial charge in [-0.2, -0.15) is 4.98 Å². The highest BCUT2D eigenvalue weighted by Gasteiger charge is 2.14. The second kappa shape index (κ2) is 6.09. The molecule has 4 aromatic rings. The van der Waals surface area contributed by atoms with Crippen molar-refractivity contribution >= 4 is 10.9 Å². The average molecular weight is 333 g/mol. The van der Waals surface area contributed by atoms with Gasteiger partial charge in [-0.15, -0.1) is 0 Å². The number of benzene rings is 2. The highest BCUT2D eigenvalue weighted by Crippen LogP contribution is 2.30. The standard InChI is InChI=1S/C20H19N3O2/c1-12(2)24-18-8-7-14(11-13(18)3)19-22-20(25-23-19)16-5-4-6-17-15(16)9-10-21-17/h4-12,21H,1-3H3. The summed E-state index contributed by atoms with van der Waals surface area (Å²) in [7, 11) is 0. The molecule has 0 aliphatic heterocycles. The van der Waals surface area contributed by atoms with E-state index < -0.39 is 0 Å². The fourth-order valence-electron chi connectivity index (χ4n) is 2.90. The van der Waals surface area contributed by atoms with Gasteiger partial charge in [0.15, 0.2) is 0 Å². The summed E-state index contributed by atoms with van der Waals surface area (Å²) in [5.41, 5.74) is 3.92. The Bertz CT molecular complexity index is 1030. The first-order valence-electron chi connectivity index (χ1n) is 8.29. The fraction of sp³-hybridized carbons (Fsp3) is 0.200. The van der Waals surface area contributed by atoms with E-state index in [2.05, 4.69) is 15.1 Å². The Kier molecular flexibility index (Phi) is 3.76. The summed E-state index contributed by atoms with van der Waals surface area (Å²) in [4.78, 5) is 7.77. The third-order valence-electron chi connectivity index (χ3n) is 4.05. The minimum absolute atomic E-state index is 0.142. The molecule has 0 atom stereocenters. The van der Waals surface area contributed by atoms with Crippen LogP contribution in [0.5, 0.6) is 5.75 Å². The van der Waals surface area contributed by atoms with Gasteiger partial charge >= 0.3 is 0 Å². The molecule has 0 radical (unpaired) electrons. The predicted octanol–water partition coefficient (Wildman–Crippen LogP) is 4.98. The van der Waals surface area contributed by atoms with Crippen LogP contribution in [0.4, 0.5) is 0 Å². The van der Waals surface area contributed by atoms with E-state index >= 15 is 0 Å². The first kappa shape index (κ1) is 15.4. The Hall–Kier alpha value is -3.08. The number of ether oxygens (including phenoxy) is 1. The molecule has 0 amide bonds.